The maximum absolute atomic E-state index is 12.7. The number of hydrogen-bond acceptors (Lipinski definition) is 4. The number of amides is 2. The van der Waals surface area contributed by atoms with Crippen LogP contribution >= 0.6 is 0 Å². The van der Waals surface area contributed by atoms with Gasteiger partial charge in [0.25, 0.3) is 5.91 Å². The molecule has 6 heteroatoms. The van der Waals surface area contributed by atoms with E-state index < -0.39 is 6.10 Å². The fraction of sp³-hybridized carbons (Fsp3) is 0.348. The molecule has 0 radical (unpaired) electrons. The molecule has 3 rings (SSSR count). The SMILES string of the molecule is CCCC(=O)c1ccc2c(c1)N(CC(=O)NCc1ccc(C)cc1)C(=O)C(C)O2. The Hall–Kier alpha value is -3.15. The molecule has 2 aromatic carbocycles. The maximum atomic E-state index is 12.7. The summed E-state index contributed by atoms with van der Waals surface area (Å²) in [4.78, 5) is 38.9. The van der Waals surface area contributed by atoms with Crippen molar-refractivity contribution in [2.75, 3.05) is 11.4 Å². The van der Waals surface area contributed by atoms with Gasteiger partial charge in [0.05, 0.1) is 5.69 Å². The van der Waals surface area contributed by atoms with Crippen molar-refractivity contribution in [2.24, 2.45) is 0 Å². The van der Waals surface area contributed by atoms with Gasteiger partial charge in [0.2, 0.25) is 5.91 Å². The van der Waals surface area contributed by atoms with E-state index in [0.717, 1.165) is 17.5 Å². The molecule has 6 nitrogen and oxygen atoms in total. The van der Waals surface area contributed by atoms with Crippen LogP contribution in [0.15, 0.2) is 42.5 Å². The first-order valence-electron chi connectivity index (χ1n) is 9.86. The average Bonchev–Trinajstić information content (AvgIpc) is 2.71. The Balaban J connectivity index is 1.76. The number of ketones is 1. The molecule has 0 aromatic heterocycles. The van der Waals surface area contributed by atoms with Crippen LogP contribution in [0, 0.1) is 6.92 Å². The van der Waals surface area contributed by atoms with E-state index in [2.05, 4.69) is 5.32 Å². The van der Waals surface area contributed by atoms with Crippen LogP contribution in [0.1, 0.15) is 48.2 Å². The van der Waals surface area contributed by atoms with E-state index in [-0.39, 0.29) is 24.1 Å². The van der Waals surface area contributed by atoms with Crippen molar-refractivity contribution in [1.82, 2.24) is 5.32 Å². The fourth-order valence-corrected chi connectivity index (χ4v) is 3.22. The minimum atomic E-state index is -0.690. The molecule has 1 N–H and O–H groups in total. The maximum Gasteiger partial charge on any atom is 0.268 e. The molecule has 29 heavy (non-hydrogen) atoms. The third-order valence-electron chi connectivity index (χ3n) is 4.88. The van der Waals surface area contributed by atoms with Gasteiger partial charge in [-0.15, -0.1) is 0 Å². The normalized spacial score (nSPS) is 15.5. The zero-order valence-corrected chi connectivity index (χ0v) is 17.0. The van der Waals surface area contributed by atoms with E-state index >= 15 is 0 Å². The van der Waals surface area contributed by atoms with Gasteiger partial charge < -0.3 is 10.1 Å². The van der Waals surface area contributed by atoms with Crippen molar-refractivity contribution in [3.8, 4) is 5.75 Å². The van der Waals surface area contributed by atoms with Gasteiger partial charge in [-0.3, -0.25) is 19.3 Å². The van der Waals surface area contributed by atoms with Gasteiger partial charge in [-0.2, -0.15) is 0 Å². The van der Waals surface area contributed by atoms with E-state index in [4.69, 9.17) is 4.74 Å². The highest BCUT2D eigenvalue weighted by atomic mass is 16.5. The molecule has 1 aliphatic heterocycles. The molecule has 2 aromatic rings. The van der Waals surface area contributed by atoms with Crippen LogP contribution in [0.2, 0.25) is 0 Å². The van der Waals surface area contributed by atoms with Crippen LogP contribution in [-0.4, -0.2) is 30.2 Å². The second-order valence-electron chi connectivity index (χ2n) is 7.30. The molecule has 1 unspecified atom stereocenters. The number of carbonyl (C=O) groups is 3. The zero-order chi connectivity index (χ0) is 21.0. The molecule has 1 atom stereocenters. The van der Waals surface area contributed by atoms with E-state index in [0.29, 0.717) is 30.0 Å². The molecular weight excluding hydrogens is 368 g/mol. The highest BCUT2D eigenvalue weighted by Gasteiger charge is 2.33. The number of carbonyl (C=O) groups excluding carboxylic acids is 3. The molecule has 1 heterocycles. The van der Waals surface area contributed by atoms with Crippen LogP contribution in [-0.2, 0) is 16.1 Å². The van der Waals surface area contributed by atoms with Gasteiger partial charge in [-0.05, 0) is 44.0 Å². The second-order valence-corrected chi connectivity index (χ2v) is 7.30. The highest BCUT2D eigenvalue weighted by molar-refractivity contribution is 6.05. The van der Waals surface area contributed by atoms with Gasteiger partial charge in [-0.25, -0.2) is 0 Å². The molecule has 0 spiro atoms. The highest BCUT2D eigenvalue weighted by Crippen LogP contribution is 2.35. The third-order valence-corrected chi connectivity index (χ3v) is 4.88. The number of ether oxygens (including phenoxy) is 1. The Morgan fingerprint density at radius 3 is 2.55 bits per heavy atom. The summed E-state index contributed by atoms with van der Waals surface area (Å²) in [6.45, 7) is 5.85. The number of rotatable bonds is 7. The summed E-state index contributed by atoms with van der Waals surface area (Å²) in [5.41, 5.74) is 3.11. The van der Waals surface area contributed by atoms with Gasteiger partial charge in [0.1, 0.15) is 12.3 Å². The number of aryl methyl sites for hydroxylation is 1. The first kappa shape index (κ1) is 20.6. The smallest absolute Gasteiger partial charge is 0.268 e. The molecule has 2 amide bonds. The predicted molar refractivity (Wildman–Crippen MR) is 111 cm³/mol. The lowest BCUT2D eigenvalue weighted by Gasteiger charge is -2.32. The van der Waals surface area contributed by atoms with E-state index in [1.54, 1.807) is 25.1 Å². The van der Waals surface area contributed by atoms with Crippen LogP contribution in [0.5, 0.6) is 5.75 Å². The van der Waals surface area contributed by atoms with E-state index in [1.807, 2.05) is 38.1 Å². The summed E-state index contributed by atoms with van der Waals surface area (Å²) in [5.74, 6) is -0.0750. The number of Topliss-reactive ketones (excluding diaryl/α,β-unsaturated/α-hetero) is 1. The summed E-state index contributed by atoms with van der Waals surface area (Å²) in [6.07, 6.45) is 0.485. The quantitative estimate of drug-likeness (QED) is 0.730. The van der Waals surface area contributed by atoms with Crippen molar-refractivity contribution in [3.63, 3.8) is 0 Å². The number of benzene rings is 2. The van der Waals surface area contributed by atoms with Crippen molar-refractivity contribution in [3.05, 3.63) is 59.2 Å². The zero-order valence-electron chi connectivity index (χ0n) is 17.0. The summed E-state index contributed by atoms with van der Waals surface area (Å²) >= 11 is 0. The van der Waals surface area contributed by atoms with Gasteiger partial charge >= 0.3 is 0 Å². The summed E-state index contributed by atoms with van der Waals surface area (Å²) < 4.78 is 5.66. The monoisotopic (exact) mass is 394 g/mol. The number of hydrogen-bond donors (Lipinski definition) is 1. The third kappa shape index (κ3) is 4.83. The topological polar surface area (TPSA) is 75.7 Å². The Bertz CT molecular complexity index is 921. The lowest BCUT2D eigenvalue weighted by atomic mass is 10.0. The van der Waals surface area contributed by atoms with E-state index in [1.165, 1.54) is 4.90 Å². The Morgan fingerprint density at radius 2 is 1.86 bits per heavy atom. The van der Waals surface area contributed by atoms with Crippen molar-refractivity contribution >= 4 is 23.3 Å². The van der Waals surface area contributed by atoms with Gasteiger partial charge in [0.15, 0.2) is 11.9 Å². The second kappa shape index (κ2) is 8.90. The lowest BCUT2D eigenvalue weighted by molar-refractivity contribution is -0.128. The molecule has 0 saturated heterocycles. The number of nitrogens with one attached hydrogen (secondary N) is 1. The molecular formula is C23H26N2O4. The van der Waals surface area contributed by atoms with Crippen LogP contribution in [0.3, 0.4) is 0 Å². The minimum absolute atomic E-state index is 0.00476. The summed E-state index contributed by atoms with van der Waals surface area (Å²) in [5, 5.41) is 2.85. The Kier molecular flexibility index (Phi) is 6.32. The number of fused-ring (bicyclic) bond motifs is 1. The molecule has 0 bridgehead atoms. The fourth-order valence-electron chi connectivity index (χ4n) is 3.22. The van der Waals surface area contributed by atoms with Gasteiger partial charge in [0, 0.05) is 18.5 Å². The molecule has 1 aliphatic rings. The Morgan fingerprint density at radius 1 is 1.14 bits per heavy atom. The minimum Gasteiger partial charge on any atom is -0.479 e. The Labute approximate surface area is 170 Å². The first-order valence-corrected chi connectivity index (χ1v) is 9.86. The molecule has 0 aliphatic carbocycles. The van der Waals surface area contributed by atoms with Crippen molar-refractivity contribution in [1.29, 1.82) is 0 Å². The van der Waals surface area contributed by atoms with E-state index in [9.17, 15) is 14.4 Å². The first-order chi connectivity index (χ1) is 13.9. The predicted octanol–water partition coefficient (Wildman–Crippen LogP) is 3.41. The largest absolute Gasteiger partial charge is 0.479 e. The van der Waals surface area contributed by atoms with Crippen LogP contribution in [0.25, 0.3) is 0 Å². The summed E-state index contributed by atoms with van der Waals surface area (Å²) in [6, 6.07) is 12.9. The molecule has 152 valence electrons. The van der Waals surface area contributed by atoms with Crippen LogP contribution < -0.4 is 15.0 Å². The molecule has 0 fully saturated rings. The standard InChI is InChI=1S/C23H26N2O4/c1-4-5-20(26)18-10-11-21-19(12-18)25(23(28)16(3)29-21)14-22(27)24-13-17-8-6-15(2)7-9-17/h6-12,16H,4-5,13-14H2,1-3H3,(H,24,27). The van der Waals surface area contributed by atoms with Crippen molar-refractivity contribution < 1.29 is 19.1 Å². The van der Waals surface area contributed by atoms with Crippen LogP contribution in [0.4, 0.5) is 5.69 Å². The number of nitrogens with zero attached hydrogens (tertiary/aromatic N) is 1. The molecule has 0 saturated carbocycles. The van der Waals surface area contributed by atoms with Crippen molar-refractivity contribution in [2.45, 2.75) is 46.3 Å². The summed E-state index contributed by atoms with van der Waals surface area (Å²) in [7, 11) is 0. The number of anilines is 1. The lowest BCUT2D eigenvalue weighted by Crippen LogP contribution is -2.48. The van der Waals surface area contributed by atoms with Gasteiger partial charge in [-0.1, -0.05) is 36.8 Å². The average molecular weight is 394 g/mol.